The molecule has 0 saturated heterocycles. The molecule has 1 aromatic heterocycles. The van der Waals surface area contributed by atoms with Crippen molar-refractivity contribution in [3.63, 3.8) is 0 Å². The van der Waals surface area contributed by atoms with Crippen LogP contribution in [-0.4, -0.2) is 22.8 Å². The third kappa shape index (κ3) is 3.64. The van der Waals surface area contributed by atoms with E-state index >= 15 is 0 Å². The van der Waals surface area contributed by atoms with Crippen molar-refractivity contribution in [2.24, 2.45) is 5.73 Å². The Kier molecular flexibility index (Phi) is 4.88. The van der Waals surface area contributed by atoms with Gasteiger partial charge in [0, 0.05) is 6.07 Å². The van der Waals surface area contributed by atoms with E-state index in [1.54, 1.807) is 24.3 Å². The van der Waals surface area contributed by atoms with Crippen LogP contribution >= 0.6 is 0 Å². The molecule has 0 fully saturated rings. The summed E-state index contributed by atoms with van der Waals surface area (Å²) in [6.07, 6.45) is 0. The summed E-state index contributed by atoms with van der Waals surface area (Å²) in [6, 6.07) is 8.33. The molecule has 140 valence electrons. The van der Waals surface area contributed by atoms with Crippen molar-refractivity contribution in [2.75, 3.05) is 7.11 Å². The zero-order valence-corrected chi connectivity index (χ0v) is 13.9. The first-order chi connectivity index (χ1) is 12.9. The van der Waals surface area contributed by atoms with Crippen molar-refractivity contribution in [1.82, 2.24) is 9.78 Å². The standard InChI is InChI=1S/C17H13F2N3O5/c1-25-10-4-2-3-9(7-10)22-17(24)27-13(21-22)8-26-12-6-5-11(18)14(15(12)19)16(20)23/h2-7H,8H2,1H3,(H2,20,23). The Balaban J connectivity index is 1.83. The van der Waals surface area contributed by atoms with E-state index in [0.29, 0.717) is 11.4 Å². The predicted molar refractivity (Wildman–Crippen MR) is 87.9 cm³/mol. The van der Waals surface area contributed by atoms with Crippen molar-refractivity contribution < 1.29 is 27.5 Å². The van der Waals surface area contributed by atoms with Crippen LogP contribution in [0.2, 0.25) is 0 Å². The summed E-state index contributed by atoms with van der Waals surface area (Å²) < 4.78 is 43.7. The number of methoxy groups -OCH3 is 1. The van der Waals surface area contributed by atoms with Gasteiger partial charge < -0.3 is 19.6 Å². The summed E-state index contributed by atoms with van der Waals surface area (Å²) in [5.41, 5.74) is 4.41. The number of carbonyl (C=O) groups is 1. The average molecular weight is 377 g/mol. The first-order valence-corrected chi connectivity index (χ1v) is 7.54. The van der Waals surface area contributed by atoms with Gasteiger partial charge in [-0.1, -0.05) is 6.07 Å². The molecule has 0 atom stereocenters. The molecule has 0 aliphatic rings. The maximum Gasteiger partial charge on any atom is 0.442 e. The fourth-order valence-corrected chi connectivity index (χ4v) is 2.29. The summed E-state index contributed by atoms with van der Waals surface area (Å²) in [4.78, 5) is 23.1. The van der Waals surface area contributed by atoms with Gasteiger partial charge in [0.1, 0.15) is 17.1 Å². The van der Waals surface area contributed by atoms with Crippen LogP contribution in [0.1, 0.15) is 16.2 Å². The Morgan fingerprint density at radius 1 is 1.30 bits per heavy atom. The van der Waals surface area contributed by atoms with Crippen molar-refractivity contribution in [3.05, 3.63) is 70.0 Å². The van der Waals surface area contributed by atoms with Crippen molar-refractivity contribution in [3.8, 4) is 17.2 Å². The topological polar surface area (TPSA) is 110 Å². The minimum Gasteiger partial charge on any atom is -0.497 e. The molecule has 0 aliphatic heterocycles. The van der Waals surface area contributed by atoms with Gasteiger partial charge in [-0.15, -0.1) is 5.10 Å². The van der Waals surface area contributed by atoms with E-state index in [2.05, 4.69) is 5.10 Å². The van der Waals surface area contributed by atoms with Gasteiger partial charge in [0.25, 0.3) is 11.8 Å². The lowest BCUT2D eigenvalue weighted by Crippen LogP contribution is -2.16. The number of aromatic nitrogens is 2. The molecule has 1 amide bonds. The molecule has 3 rings (SSSR count). The molecule has 0 spiro atoms. The lowest BCUT2D eigenvalue weighted by molar-refractivity contribution is 0.0991. The van der Waals surface area contributed by atoms with Crippen molar-refractivity contribution in [2.45, 2.75) is 6.61 Å². The quantitative estimate of drug-likeness (QED) is 0.701. The fraction of sp³-hybridized carbons (Fsp3) is 0.118. The first kappa shape index (κ1) is 18.1. The maximum absolute atomic E-state index is 14.1. The first-order valence-electron chi connectivity index (χ1n) is 7.54. The number of primary amides is 1. The number of rotatable bonds is 6. The second kappa shape index (κ2) is 7.28. The Morgan fingerprint density at radius 3 is 2.78 bits per heavy atom. The highest BCUT2D eigenvalue weighted by Crippen LogP contribution is 2.23. The summed E-state index contributed by atoms with van der Waals surface area (Å²) in [5.74, 6) is -4.52. The molecular formula is C17H13F2N3O5. The Hall–Kier alpha value is -3.69. The molecule has 1 heterocycles. The normalized spacial score (nSPS) is 10.6. The molecule has 8 nitrogen and oxygen atoms in total. The minimum absolute atomic E-state index is 0.160. The van der Waals surface area contributed by atoms with Gasteiger partial charge in [0.15, 0.2) is 18.2 Å². The molecule has 3 aromatic rings. The summed E-state index contributed by atoms with van der Waals surface area (Å²) in [5, 5.41) is 3.94. The number of carbonyl (C=O) groups excluding carboxylic acids is 1. The lowest BCUT2D eigenvalue weighted by Gasteiger charge is -2.07. The third-order valence-corrected chi connectivity index (χ3v) is 3.54. The van der Waals surface area contributed by atoms with E-state index in [4.69, 9.17) is 19.6 Å². The number of ether oxygens (including phenoxy) is 2. The third-order valence-electron chi connectivity index (χ3n) is 3.54. The smallest absolute Gasteiger partial charge is 0.442 e. The SMILES string of the molecule is COc1cccc(-n2nc(COc3ccc(F)c(C(N)=O)c3F)oc2=O)c1. The van der Waals surface area contributed by atoms with Crippen LogP contribution in [0.5, 0.6) is 11.5 Å². The van der Waals surface area contributed by atoms with E-state index in [1.165, 1.54) is 7.11 Å². The number of halogens is 2. The second-order valence-corrected chi connectivity index (χ2v) is 5.26. The van der Waals surface area contributed by atoms with Gasteiger partial charge in [-0.05, 0) is 24.3 Å². The van der Waals surface area contributed by atoms with Gasteiger partial charge in [-0.3, -0.25) is 4.79 Å². The van der Waals surface area contributed by atoms with Crippen LogP contribution in [0.25, 0.3) is 5.69 Å². The predicted octanol–water partition coefficient (Wildman–Crippen LogP) is 1.79. The van der Waals surface area contributed by atoms with Gasteiger partial charge in [-0.25, -0.2) is 13.6 Å². The number of nitrogens with zero attached hydrogens (tertiary/aromatic N) is 2. The molecule has 2 N–H and O–H groups in total. The zero-order valence-electron chi connectivity index (χ0n) is 13.9. The molecular weight excluding hydrogens is 364 g/mol. The molecule has 10 heteroatoms. The zero-order chi connectivity index (χ0) is 19.6. The van der Waals surface area contributed by atoms with E-state index in [0.717, 1.165) is 16.8 Å². The van der Waals surface area contributed by atoms with E-state index in [-0.39, 0.29) is 5.89 Å². The molecule has 0 radical (unpaired) electrons. The lowest BCUT2D eigenvalue weighted by atomic mass is 10.2. The molecule has 27 heavy (non-hydrogen) atoms. The van der Waals surface area contributed by atoms with Gasteiger partial charge >= 0.3 is 5.76 Å². The van der Waals surface area contributed by atoms with Gasteiger partial charge in [-0.2, -0.15) is 4.68 Å². The highest BCUT2D eigenvalue weighted by Gasteiger charge is 2.20. The fourth-order valence-electron chi connectivity index (χ4n) is 2.29. The van der Waals surface area contributed by atoms with Gasteiger partial charge in [0.05, 0.1) is 12.8 Å². The van der Waals surface area contributed by atoms with Crippen LogP contribution in [0.4, 0.5) is 8.78 Å². The highest BCUT2D eigenvalue weighted by molar-refractivity contribution is 5.93. The van der Waals surface area contributed by atoms with Crippen molar-refractivity contribution >= 4 is 5.91 Å². The van der Waals surface area contributed by atoms with E-state index < -0.39 is 41.2 Å². The largest absolute Gasteiger partial charge is 0.497 e. The molecule has 0 saturated carbocycles. The highest BCUT2D eigenvalue weighted by atomic mass is 19.1. The molecule has 0 aliphatic carbocycles. The number of benzene rings is 2. The van der Waals surface area contributed by atoms with Gasteiger partial charge in [0.2, 0.25) is 0 Å². The minimum atomic E-state index is -1.27. The van der Waals surface area contributed by atoms with Crippen LogP contribution in [-0.2, 0) is 6.61 Å². The summed E-state index contributed by atoms with van der Waals surface area (Å²) in [7, 11) is 1.47. The Bertz CT molecular complexity index is 1060. The summed E-state index contributed by atoms with van der Waals surface area (Å²) >= 11 is 0. The van der Waals surface area contributed by atoms with Crippen LogP contribution in [0, 0.1) is 11.6 Å². The number of amides is 1. The van der Waals surface area contributed by atoms with Crippen LogP contribution < -0.4 is 21.0 Å². The van der Waals surface area contributed by atoms with Crippen LogP contribution in [0.3, 0.4) is 0 Å². The maximum atomic E-state index is 14.1. The molecule has 0 unspecified atom stereocenters. The molecule has 2 aromatic carbocycles. The number of hydrogen-bond donors (Lipinski definition) is 1. The average Bonchev–Trinajstić information content (AvgIpc) is 3.01. The Morgan fingerprint density at radius 2 is 2.07 bits per heavy atom. The number of hydrogen-bond acceptors (Lipinski definition) is 6. The molecule has 0 bridgehead atoms. The second-order valence-electron chi connectivity index (χ2n) is 5.26. The van der Waals surface area contributed by atoms with Crippen molar-refractivity contribution in [1.29, 1.82) is 0 Å². The Labute approximate surface area is 150 Å². The van der Waals surface area contributed by atoms with E-state index in [1.807, 2.05) is 0 Å². The van der Waals surface area contributed by atoms with E-state index in [9.17, 15) is 18.4 Å². The summed E-state index contributed by atoms with van der Waals surface area (Å²) in [6.45, 7) is -0.438. The number of nitrogens with two attached hydrogens (primary N) is 1. The van der Waals surface area contributed by atoms with Crippen LogP contribution in [0.15, 0.2) is 45.6 Å². The monoisotopic (exact) mass is 377 g/mol.